The molecule has 4 heterocycles. The third kappa shape index (κ3) is 3.68. The molecule has 1 N–H and O–H groups in total. The number of nitrogens with one attached hydrogen (secondary N) is 1. The van der Waals surface area contributed by atoms with E-state index in [0.29, 0.717) is 24.5 Å². The number of pyridine rings is 1. The SMILES string of the molecule is Cc1c(S(=O)(=O)N2Cc3ccnn3[C@@H](C)C2)cc(C(=O)NCc2cccc3ncccc23)n1C. The van der Waals surface area contributed by atoms with Crippen LogP contribution in [0.15, 0.2) is 59.8 Å². The average Bonchev–Trinajstić information content (AvgIpc) is 3.43. The number of benzene rings is 1. The van der Waals surface area contributed by atoms with E-state index in [-0.39, 0.29) is 23.4 Å². The van der Waals surface area contributed by atoms with Crippen molar-refractivity contribution in [3.05, 3.63) is 77.5 Å². The Morgan fingerprint density at radius 1 is 1.18 bits per heavy atom. The van der Waals surface area contributed by atoms with E-state index in [4.69, 9.17) is 0 Å². The van der Waals surface area contributed by atoms with Crippen molar-refractivity contribution < 1.29 is 13.2 Å². The second kappa shape index (κ2) is 8.37. The molecular formula is C24H26N6O3S. The number of hydrogen-bond acceptors (Lipinski definition) is 5. The van der Waals surface area contributed by atoms with E-state index in [9.17, 15) is 13.2 Å². The van der Waals surface area contributed by atoms with Gasteiger partial charge in [-0.05, 0) is 43.7 Å². The number of aromatic nitrogens is 4. The zero-order valence-electron chi connectivity index (χ0n) is 19.3. The predicted octanol–water partition coefficient (Wildman–Crippen LogP) is 2.77. The first-order valence-electron chi connectivity index (χ1n) is 11.1. The molecule has 0 aliphatic carbocycles. The molecule has 1 aliphatic heterocycles. The molecule has 3 aromatic heterocycles. The highest BCUT2D eigenvalue weighted by atomic mass is 32.2. The van der Waals surface area contributed by atoms with E-state index in [2.05, 4.69) is 15.4 Å². The summed E-state index contributed by atoms with van der Waals surface area (Å²) in [5.41, 5.74) is 3.46. The third-order valence-electron chi connectivity index (χ3n) is 6.49. The summed E-state index contributed by atoms with van der Waals surface area (Å²) in [4.78, 5) is 17.6. The van der Waals surface area contributed by atoms with Crippen molar-refractivity contribution in [1.82, 2.24) is 29.0 Å². The van der Waals surface area contributed by atoms with E-state index in [1.165, 1.54) is 10.4 Å². The van der Waals surface area contributed by atoms with E-state index >= 15 is 0 Å². The molecule has 4 aromatic rings. The van der Waals surface area contributed by atoms with Gasteiger partial charge in [-0.15, -0.1) is 0 Å². The number of carbonyl (C=O) groups is 1. The Labute approximate surface area is 198 Å². The van der Waals surface area contributed by atoms with Gasteiger partial charge in [-0.2, -0.15) is 9.40 Å². The zero-order valence-corrected chi connectivity index (χ0v) is 20.1. The number of nitrogens with zero attached hydrogens (tertiary/aromatic N) is 5. The minimum Gasteiger partial charge on any atom is -0.347 e. The van der Waals surface area contributed by atoms with Crippen LogP contribution < -0.4 is 5.32 Å². The molecule has 0 radical (unpaired) electrons. The van der Waals surface area contributed by atoms with Crippen LogP contribution >= 0.6 is 0 Å². The number of fused-ring (bicyclic) bond motifs is 2. The van der Waals surface area contributed by atoms with Gasteiger partial charge in [-0.25, -0.2) is 8.42 Å². The average molecular weight is 479 g/mol. The highest BCUT2D eigenvalue weighted by molar-refractivity contribution is 7.89. The van der Waals surface area contributed by atoms with Gasteiger partial charge in [0.05, 0.1) is 23.8 Å². The van der Waals surface area contributed by atoms with Gasteiger partial charge in [0.25, 0.3) is 5.91 Å². The molecule has 0 unspecified atom stereocenters. The zero-order chi connectivity index (χ0) is 24.0. The number of sulfonamides is 1. The second-order valence-corrected chi connectivity index (χ2v) is 10.5. The molecule has 0 bridgehead atoms. The fraction of sp³-hybridized carbons (Fsp3) is 0.292. The summed E-state index contributed by atoms with van der Waals surface area (Å²) in [6, 6.07) is 12.8. The van der Waals surface area contributed by atoms with Crippen LogP contribution in [0.4, 0.5) is 0 Å². The largest absolute Gasteiger partial charge is 0.347 e. The molecule has 34 heavy (non-hydrogen) atoms. The molecule has 1 amide bonds. The first-order chi connectivity index (χ1) is 16.3. The predicted molar refractivity (Wildman–Crippen MR) is 128 cm³/mol. The van der Waals surface area contributed by atoms with Gasteiger partial charge in [-0.1, -0.05) is 18.2 Å². The van der Waals surface area contributed by atoms with Crippen LogP contribution in [-0.4, -0.2) is 44.5 Å². The van der Waals surface area contributed by atoms with Gasteiger partial charge >= 0.3 is 0 Å². The Balaban J connectivity index is 1.39. The standard InChI is InChI=1S/C24H26N6O3S/c1-16-14-29(15-19-9-11-27-30(16)19)34(32,33)23-12-22(28(3)17(23)2)24(31)26-13-18-6-4-8-21-20(18)7-5-10-25-21/h4-12,16H,13-15H2,1-3H3,(H,26,31)/t16-/m0/s1. The summed E-state index contributed by atoms with van der Waals surface area (Å²) >= 11 is 0. The van der Waals surface area contributed by atoms with Crippen molar-refractivity contribution in [2.24, 2.45) is 7.05 Å². The quantitative estimate of drug-likeness (QED) is 0.475. The molecule has 1 aliphatic rings. The summed E-state index contributed by atoms with van der Waals surface area (Å²) in [5.74, 6) is -0.335. The van der Waals surface area contributed by atoms with Gasteiger partial charge < -0.3 is 9.88 Å². The van der Waals surface area contributed by atoms with Crippen molar-refractivity contribution >= 4 is 26.8 Å². The minimum absolute atomic E-state index is 0.0736. The maximum atomic E-state index is 13.5. The molecule has 0 spiro atoms. The van der Waals surface area contributed by atoms with Crippen molar-refractivity contribution in [1.29, 1.82) is 0 Å². The van der Waals surface area contributed by atoms with Crippen LogP contribution in [0.5, 0.6) is 0 Å². The lowest BCUT2D eigenvalue weighted by molar-refractivity contribution is 0.0942. The van der Waals surface area contributed by atoms with Gasteiger partial charge in [0, 0.05) is 43.6 Å². The first-order valence-corrected chi connectivity index (χ1v) is 12.5. The van der Waals surface area contributed by atoms with Crippen LogP contribution in [0.2, 0.25) is 0 Å². The van der Waals surface area contributed by atoms with Crippen molar-refractivity contribution in [3.8, 4) is 0 Å². The second-order valence-electron chi connectivity index (χ2n) is 8.62. The highest BCUT2D eigenvalue weighted by Crippen LogP contribution is 2.29. The van der Waals surface area contributed by atoms with Crippen molar-refractivity contribution in [2.45, 2.75) is 37.9 Å². The first kappa shape index (κ1) is 22.3. The van der Waals surface area contributed by atoms with E-state index in [1.807, 2.05) is 48.0 Å². The summed E-state index contributed by atoms with van der Waals surface area (Å²) < 4.78 is 32.0. The summed E-state index contributed by atoms with van der Waals surface area (Å²) in [6.45, 7) is 4.54. The Kier molecular flexibility index (Phi) is 5.49. The molecule has 1 atom stereocenters. The van der Waals surface area contributed by atoms with E-state index in [0.717, 1.165) is 22.2 Å². The van der Waals surface area contributed by atoms with Crippen molar-refractivity contribution in [3.63, 3.8) is 0 Å². The minimum atomic E-state index is -3.79. The van der Waals surface area contributed by atoms with Gasteiger partial charge in [0.2, 0.25) is 10.0 Å². The monoisotopic (exact) mass is 478 g/mol. The Hall–Kier alpha value is -3.50. The third-order valence-corrected chi connectivity index (χ3v) is 8.42. The number of hydrogen-bond donors (Lipinski definition) is 1. The topological polar surface area (TPSA) is 102 Å². The Bertz CT molecular complexity index is 1500. The summed E-state index contributed by atoms with van der Waals surface area (Å²) in [7, 11) is -2.09. The van der Waals surface area contributed by atoms with E-state index in [1.54, 1.807) is 30.9 Å². The fourth-order valence-corrected chi connectivity index (χ4v) is 6.30. The summed E-state index contributed by atoms with van der Waals surface area (Å²) in [5, 5.41) is 8.18. The van der Waals surface area contributed by atoms with Crippen LogP contribution in [0.1, 0.15) is 40.4 Å². The molecule has 0 saturated heterocycles. The van der Waals surface area contributed by atoms with Crippen molar-refractivity contribution in [2.75, 3.05) is 6.54 Å². The molecule has 0 saturated carbocycles. The van der Waals surface area contributed by atoms with Gasteiger partial charge in [0.15, 0.2) is 0 Å². The van der Waals surface area contributed by atoms with Crippen LogP contribution in [0.3, 0.4) is 0 Å². The van der Waals surface area contributed by atoms with Crippen LogP contribution in [-0.2, 0) is 30.2 Å². The van der Waals surface area contributed by atoms with E-state index < -0.39 is 10.0 Å². The molecule has 176 valence electrons. The molecular weight excluding hydrogens is 452 g/mol. The molecule has 0 fully saturated rings. The highest BCUT2D eigenvalue weighted by Gasteiger charge is 2.34. The Morgan fingerprint density at radius 3 is 2.82 bits per heavy atom. The fourth-order valence-electron chi connectivity index (χ4n) is 4.54. The maximum Gasteiger partial charge on any atom is 0.268 e. The molecule has 5 rings (SSSR count). The summed E-state index contributed by atoms with van der Waals surface area (Å²) in [6.07, 6.45) is 3.42. The smallest absolute Gasteiger partial charge is 0.268 e. The lowest BCUT2D eigenvalue weighted by Gasteiger charge is -2.31. The number of carbonyl (C=O) groups excluding carboxylic acids is 1. The number of rotatable bonds is 5. The normalized spacial score (nSPS) is 16.5. The lowest BCUT2D eigenvalue weighted by Crippen LogP contribution is -2.40. The maximum absolute atomic E-state index is 13.5. The van der Waals surface area contributed by atoms with Gasteiger partial charge in [-0.3, -0.25) is 14.5 Å². The molecule has 9 nitrogen and oxygen atoms in total. The lowest BCUT2D eigenvalue weighted by atomic mass is 10.1. The van der Waals surface area contributed by atoms with Crippen LogP contribution in [0, 0.1) is 6.92 Å². The van der Waals surface area contributed by atoms with Gasteiger partial charge in [0.1, 0.15) is 10.6 Å². The molecule has 10 heteroatoms. The number of amides is 1. The Morgan fingerprint density at radius 2 is 2.00 bits per heavy atom. The molecule has 1 aromatic carbocycles. The van der Waals surface area contributed by atoms with Crippen LogP contribution in [0.25, 0.3) is 10.9 Å².